The summed E-state index contributed by atoms with van der Waals surface area (Å²) < 4.78 is 5.42. The van der Waals surface area contributed by atoms with E-state index < -0.39 is 0 Å². The van der Waals surface area contributed by atoms with E-state index in [0.29, 0.717) is 5.92 Å². The van der Waals surface area contributed by atoms with Crippen LogP contribution in [0.15, 0.2) is 0 Å². The number of hydrogen-bond acceptors (Lipinski definition) is 2. The lowest BCUT2D eigenvalue weighted by molar-refractivity contribution is -0.0785. The molecule has 0 aliphatic heterocycles. The Morgan fingerprint density at radius 3 is 1.87 bits per heavy atom. The molecule has 0 radical (unpaired) electrons. The van der Waals surface area contributed by atoms with E-state index in [0.717, 1.165) is 19.3 Å². The van der Waals surface area contributed by atoms with Gasteiger partial charge in [0.15, 0.2) is 0 Å². The third-order valence-electron chi connectivity index (χ3n) is 3.19. The molecule has 0 saturated heterocycles. The highest BCUT2D eigenvalue weighted by Gasteiger charge is 2.31. The molecule has 0 amide bonds. The molecule has 0 heterocycles. The summed E-state index contributed by atoms with van der Waals surface area (Å²) in [6.07, 6.45) is 2.70. The maximum Gasteiger partial charge on any atom is 0.0878 e. The molecule has 2 nitrogen and oxygen atoms in total. The van der Waals surface area contributed by atoms with Gasteiger partial charge < -0.3 is 9.84 Å². The molecule has 0 aromatic rings. The van der Waals surface area contributed by atoms with Crippen LogP contribution in [0.2, 0.25) is 0 Å². The van der Waals surface area contributed by atoms with E-state index in [2.05, 4.69) is 34.6 Å². The summed E-state index contributed by atoms with van der Waals surface area (Å²) in [5, 5.41) is 10.2. The molecule has 2 unspecified atom stereocenters. The van der Waals surface area contributed by atoms with Crippen molar-refractivity contribution in [3.63, 3.8) is 0 Å². The van der Waals surface area contributed by atoms with Gasteiger partial charge in [0, 0.05) is 7.11 Å². The summed E-state index contributed by atoms with van der Waals surface area (Å²) in [5.74, 6) is 0.611. The smallest absolute Gasteiger partial charge is 0.0878 e. The number of hydrogen-bond donors (Lipinski definition) is 1. The van der Waals surface area contributed by atoms with E-state index in [9.17, 15) is 5.11 Å². The zero-order chi connectivity index (χ0) is 12.1. The second-order valence-corrected chi connectivity index (χ2v) is 5.51. The van der Waals surface area contributed by atoms with Crippen molar-refractivity contribution in [2.24, 2.45) is 11.3 Å². The zero-order valence-corrected chi connectivity index (χ0v) is 11.2. The Balaban J connectivity index is 4.33. The van der Waals surface area contributed by atoms with Crippen LogP contribution in [0, 0.1) is 11.3 Å². The Morgan fingerprint density at radius 1 is 1.13 bits per heavy atom. The number of aliphatic hydroxyl groups excluding tert-OH is 1. The highest BCUT2D eigenvalue weighted by molar-refractivity contribution is 4.82. The molecule has 0 fully saturated rings. The molecule has 2 heteroatoms. The summed E-state index contributed by atoms with van der Waals surface area (Å²) in [7, 11) is 1.69. The van der Waals surface area contributed by atoms with Crippen molar-refractivity contribution in [1.29, 1.82) is 0 Å². The fourth-order valence-corrected chi connectivity index (χ4v) is 2.17. The van der Waals surface area contributed by atoms with Crippen molar-refractivity contribution in [2.75, 3.05) is 7.11 Å². The minimum absolute atomic E-state index is 0.000198. The van der Waals surface area contributed by atoms with Gasteiger partial charge in [-0.3, -0.25) is 0 Å². The van der Waals surface area contributed by atoms with Gasteiger partial charge in [0.1, 0.15) is 0 Å². The van der Waals surface area contributed by atoms with Crippen molar-refractivity contribution >= 4 is 0 Å². The van der Waals surface area contributed by atoms with Crippen molar-refractivity contribution in [2.45, 2.75) is 66.1 Å². The largest absolute Gasteiger partial charge is 0.390 e. The molecule has 0 rings (SSSR count). The molecule has 15 heavy (non-hydrogen) atoms. The normalized spacial score (nSPS) is 16.8. The average molecular weight is 216 g/mol. The van der Waals surface area contributed by atoms with Gasteiger partial charge in [-0.05, 0) is 17.8 Å². The van der Waals surface area contributed by atoms with Crippen molar-refractivity contribution in [1.82, 2.24) is 0 Å². The highest BCUT2D eigenvalue weighted by atomic mass is 16.5. The first-order valence-electron chi connectivity index (χ1n) is 6.07. The Kier molecular flexibility index (Phi) is 6.46. The Hall–Kier alpha value is -0.0800. The second kappa shape index (κ2) is 6.49. The predicted molar refractivity (Wildman–Crippen MR) is 64.9 cm³/mol. The quantitative estimate of drug-likeness (QED) is 0.738. The lowest BCUT2D eigenvalue weighted by Crippen LogP contribution is -2.40. The van der Waals surface area contributed by atoms with Crippen LogP contribution in [0.1, 0.15) is 53.9 Å². The number of ether oxygens (including phenoxy) is 1. The van der Waals surface area contributed by atoms with Crippen LogP contribution in [-0.4, -0.2) is 24.4 Å². The average Bonchev–Trinajstić information content (AvgIpc) is 2.12. The van der Waals surface area contributed by atoms with Crippen LogP contribution in [0.3, 0.4) is 0 Å². The van der Waals surface area contributed by atoms with Crippen molar-refractivity contribution < 1.29 is 9.84 Å². The Labute approximate surface area is 95.0 Å². The Morgan fingerprint density at radius 2 is 1.60 bits per heavy atom. The molecule has 2 atom stereocenters. The SMILES string of the molecule is CCC(CC)CC(O)C(OC)C(C)(C)C. The van der Waals surface area contributed by atoms with E-state index >= 15 is 0 Å². The molecular weight excluding hydrogens is 188 g/mol. The third-order valence-corrected chi connectivity index (χ3v) is 3.19. The Bertz CT molecular complexity index is 156. The number of methoxy groups -OCH3 is 1. The van der Waals surface area contributed by atoms with Crippen LogP contribution in [0.4, 0.5) is 0 Å². The van der Waals surface area contributed by atoms with E-state index in [4.69, 9.17) is 4.74 Å². The number of rotatable bonds is 6. The fraction of sp³-hybridized carbons (Fsp3) is 1.00. The summed E-state index contributed by atoms with van der Waals surface area (Å²) in [5.41, 5.74) is 0.000198. The lowest BCUT2D eigenvalue weighted by Gasteiger charge is -2.34. The molecule has 0 aromatic carbocycles. The summed E-state index contributed by atoms with van der Waals surface area (Å²) in [6.45, 7) is 10.7. The van der Waals surface area contributed by atoms with Gasteiger partial charge in [-0.15, -0.1) is 0 Å². The summed E-state index contributed by atoms with van der Waals surface area (Å²) in [6, 6.07) is 0. The van der Waals surface area contributed by atoms with Gasteiger partial charge in [0.05, 0.1) is 12.2 Å². The zero-order valence-electron chi connectivity index (χ0n) is 11.2. The van der Waals surface area contributed by atoms with E-state index in [1.165, 1.54) is 0 Å². The topological polar surface area (TPSA) is 29.5 Å². The van der Waals surface area contributed by atoms with E-state index in [-0.39, 0.29) is 17.6 Å². The summed E-state index contributed by atoms with van der Waals surface area (Å²) in [4.78, 5) is 0. The molecule has 0 spiro atoms. The van der Waals surface area contributed by atoms with E-state index in [1.807, 2.05) is 0 Å². The lowest BCUT2D eigenvalue weighted by atomic mass is 9.82. The summed E-state index contributed by atoms with van der Waals surface area (Å²) >= 11 is 0. The third kappa shape index (κ3) is 4.98. The van der Waals surface area contributed by atoms with Gasteiger partial charge in [-0.1, -0.05) is 47.5 Å². The maximum absolute atomic E-state index is 10.2. The highest BCUT2D eigenvalue weighted by Crippen LogP contribution is 2.28. The maximum atomic E-state index is 10.2. The first kappa shape index (κ1) is 14.9. The fourth-order valence-electron chi connectivity index (χ4n) is 2.17. The van der Waals surface area contributed by atoms with Gasteiger partial charge >= 0.3 is 0 Å². The molecule has 0 aliphatic carbocycles. The minimum atomic E-state index is -0.347. The van der Waals surface area contributed by atoms with Crippen LogP contribution in [0.25, 0.3) is 0 Å². The molecule has 0 saturated carbocycles. The van der Waals surface area contributed by atoms with Crippen molar-refractivity contribution in [3.05, 3.63) is 0 Å². The van der Waals surface area contributed by atoms with Gasteiger partial charge in [0.2, 0.25) is 0 Å². The molecule has 92 valence electrons. The standard InChI is InChI=1S/C13H28O2/c1-7-10(8-2)9-11(14)12(15-6)13(3,4)5/h10-12,14H,7-9H2,1-6H3. The minimum Gasteiger partial charge on any atom is -0.390 e. The molecule has 0 bridgehead atoms. The van der Waals surface area contributed by atoms with Gasteiger partial charge in [-0.2, -0.15) is 0 Å². The first-order chi connectivity index (χ1) is 6.86. The van der Waals surface area contributed by atoms with Crippen LogP contribution in [-0.2, 0) is 4.74 Å². The van der Waals surface area contributed by atoms with Gasteiger partial charge in [0.25, 0.3) is 0 Å². The monoisotopic (exact) mass is 216 g/mol. The first-order valence-corrected chi connectivity index (χ1v) is 6.07. The number of aliphatic hydroxyl groups is 1. The predicted octanol–water partition coefficient (Wildman–Crippen LogP) is 3.23. The van der Waals surface area contributed by atoms with Crippen LogP contribution < -0.4 is 0 Å². The second-order valence-electron chi connectivity index (χ2n) is 5.51. The van der Waals surface area contributed by atoms with Crippen LogP contribution in [0.5, 0.6) is 0 Å². The molecule has 0 aliphatic rings. The molecular formula is C13H28O2. The van der Waals surface area contributed by atoms with E-state index in [1.54, 1.807) is 7.11 Å². The molecule has 0 aromatic heterocycles. The van der Waals surface area contributed by atoms with Crippen molar-refractivity contribution in [3.8, 4) is 0 Å². The molecule has 1 N–H and O–H groups in total. The van der Waals surface area contributed by atoms with Gasteiger partial charge in [-0.25, -0.2) is 0 Å². The van der Waals surface area contributed by atoms with Crippen LogP contribution >= 0.6 is 0 Å².